The van der Waals surface area contributed by atoms with Gasteiger partial charge in [0.2, 0.25) is 0 Å². The number of carboxylic acids is 2. The minimum absolute atomic E-state index is 0.0666. The van der Waals surface area contributed by atoms with Crippen molar-refractivity contribution in [3.05, 3.63) is 48.2 Å². The number of nitrogens with one attached hydrogen (secondary N) is 1. The van der Waals surface area contributed by atoms with Crippen LogP contribution in [-0.4, -0.2) is 75.6 Å². The number of amides is 1. The van der Waals surface area contributed by atoms with E-state index in [9.17, 15) is 31.1 Å². The van der Waals surface area contributed by atoms with Crippen molar-refractivity contribution in [3.63, 3.8) is 0 Å². The van der Waals surface area contributed by atoms with Crippen LogP contribution in [0.1, 0.15) is 24.3 Å². The Bertz CT molecular complexity index is 1080. The number of carboxylic acid groups (broad SMARTS) is 2. The quantitative estimate of drug-likeness (QED) is 0.468. The summed E-state index contributed by atoms with van der Waals surface area (Å²) in [4.78, 5) is 36.9. The predicted molar refractivity (Wildman–Crippen MR) is 120 cm³/mol. The number of nitrogens with zero attached hydrogens (tertiary/aromatic N) is 2. The Hall–Kier alpha value is -3.66. The Kier molecular flexibility index (Phi) is 10.9. The van der Waals surface area contributed by atoms with Gasteiger partial charge in [-0.25, -0.2) is 9.59 Å². The molecule has 2 saturated heterocycles. The van der Waals surface area contributed by atoms with Gasteiger partial charge in [-0.15, -0.1) is 0 Å². The molecule has 0 spiro atoms. The van der Waals surface area contributed by atoms with Gasteiger partial charge in [-0.05, 0) is 56.5 Å². The van der Waals surface area contributed by atoms with E-state index in [2.05, 4.69) is 15.2 Å². The van der Waals surface area contributed by atoms with Gasteiger partial charge in [0.15, 0.2) is 0 Å². The van der Waals surface area contributed by atoms with E-state index in [1.807, 2.05) is 31.2 Å². The number of alkyl halides is 6. The van der Waals surface area contributed by atoms with Gasteiger partial charge in [0.25, 0.3) is 5.91 Å². The van der Waals surface area contributed by atoms with Crippen molar-refractivity contribution in [1.29, 1.82) is 0 Å². The molecule has 0 saturated carbocycles. The maximum atomic E-state index is 12.6. The average molecular weight is 569 g/mol. The highest BCUT2D eigenvalue weighted by atomic mass is 19.4. The van der Waals surface area contributed by atoms with Crippen LogP contribution in [0.3, 0.4) is 0 Å². The molecule has 2 aromatic heterocycles. The summed E-state index contributed by atoms with van der Waals surface area (Å²) >= 11 is 0. The van der Waals surface area contributed by atoms with Crippen molar-refractivity contribution < 1.29 is 60.1 Å². The Morgan fingerprint density at radius 3 is 2.21 bits per heavy atom. The fourth-order valence-electron chi connectivity index (χ4n) is 3.76. The second-order valence-corrected chi connectivity index (χ2v) is 8.49. The molecule has 3 N–H and O–H groups in total. The summed E-state index contributed by atoms with van der Waals surface area (Å²) in [5, 5.41) is 17.2. The lowest BCUT2D eigenvalue weighted by atomic mass is 9.91. The normalized spacial score (nSPS) is 20.9. The molecule has 0 aromatic carbocycles. The molecule has 10 nitrogen and oxygen atoms in total. The summed E-state index contributed by atoms with van der Waals surface area (Å²) in [5.41, 5.74) is 1.57. The minimum atomic E-state index is -5.08. The zero-order valence-corrected chi connectivity index (χ0v) is 20.3. The Morgan fingerprint density at radius 2 is 1.69 bits per heavy atom. The Morgan fingerprint density at radius 1 is 1.08 bits per heavy atom. The third kappa shape index (κ3) is 10.2. The number of fused-ring (bicyclic) bond motifs is 1. The van der Waals surface area contributed by atoms with Crippen molar-refractivity contribution >= 4 is 23.5 Å². The van der Waals surface area contributed by atoms with Crippen LogP contribution in [-0.2, 0) is 25.7 Å². The highest BCUT2D eigenvalue weighted by Crippen LogP contribution is 2.34. The first kappa shape index (κ1) is 31.6. The molecule has 0 bridgehead atoms. The first-order chi connectivity index (χ1) is 18.1. The SMILES string of the molecule is Cc1ncccc1NC(=O)[C@@H]1C[C@@H]2CCN(Cc3ccco3)C[C@@H]2O1.O=C(O)C(F)(F)F.O=C(O)C(F)(F)F. The number of furan rings is 1. The Balaban J connectivity index is 0.000000317. The number of halogens is 6. The number of likely N-dealkylation sites (tertiary alicyclic amines) is 1. The molecule has 4 heterocycles. The molecule has 216 valence electrons. The third-order valence-corrected chi connectivity index (χ3v) is 5.64. The van der Waals surface area contributed by atoms with Gasteiger partial charge in [-0.2, -0.15) is 26.3 Å². The number of aromatic nitrogens is 1. The molecular weight excluding hydrogens is 544 g/mol. The lowest BCUT2D eigenvalue weighted by molar-refractivity contribution is -0.193. The lowest BCUT2D eigenvalue weighted by Gasteiger charge is -2.33. The van der Waals surface area contributed by atoms with Crippen molar-refractivity contribution in [2.75, 3.05) is 18.4 Å². The third-order valence-electron chi connectivity index (χ3n) is 5.64. The van der Waals surface area contributed by atoms with Gasteiger partial charge in [0.1, 0.15) is 11.9 Å². The smallest absolute Gasteiger partial charge is 0.475 e. The predicted octanol–water partition coefficient (Wildman–Crippen LogP) is 3.87. The zero-order valence-electron chi connectivity index (χ0n) is 20.3. The van der Waals surface area contributed by atoms with E-state index in [4.69, 9.17) is 29.0 Å². The Labute approximate surface area is 217 Å². The minimum Gasteiger partial charge on any atom is -0.475 e. The molecule has 0 aliphatic carbocycles. The van der Waals surface area contributed by atoms with Gasteiger partial charge in [-0.1, -0.05) is 0 Å². The van der Waals surface area contributed by atoms with E-state index in [0.717, 1.165) is 49.6 Å². The molecule has 2 aliphatic rings. The average Bonchev–Trinajstić information content (AvgIpc) is 3.50. The van der Waals surface area contributed by atoms with Crippen LogP contribution in [0.5, 0.6) is 0 Å². The number of hydrogen-bond acceptors (Lipinski definition) is 7. The molecule has 4 rings (SSSR count). The first-order valence-corrected chi connectivity index (χ1v) is 11.3. The highest BCUT2D eigenvalue weighted by molar-refractivity contribution is 5.94. The first-order valence-electron chi connectivity index (χ1n) is 11.3. The van der Waals surface area contributed by atoms with E-state index in [1.165, 1.54) is 0 Å². The number of carbonyl (C=O) groups excluding carboxylic acids is 1. The number of aliphatic carboxylic acids is 2. The number of anilines is 1. The molecular formula is C23H25F6N3O7. The van der Waals surface area contributed by atoms with Crippen LogP contribution in [0.15, 0.2) is 41.1 Å². The molecule has 2 aromatic rings. The number of pyridine rings is 1. The number of ether oxygens (including phenoxy) is 1. The summed E-state index contributed by atoms with van der Waals surface area (Å²) in [6, 6.07) is 7.60. The topological polar surface area (TPSA) is 142 Å². The monoisotopic (exact) mass is 569 g/mol. The van der Waals surface area contributed by atoms with Crippen LogP contribution in [0.25, 0.3) is 0 Å². The van der Waals surface area contributed by atoms with Crippen molar-refractivity contribution in [3.8, 4) is 0 Å². The van der Waals surface area contributed by atoms with Crippen LogP contribution < -0.4 is 5.32 Å². The highest BCUT2D eigenvalue weighted by Gasteiger charge is 2.42. The maximum Gasteiger partial charge on any atom is 0.490 e. The van der Waals surface area contributed by atoms with Gasteiger partial charge in [0, 0.05) is 12.7 Å². The van der Waals surface area contributed by atoms with Gasteiger partial charge >= 0.3 is 24.3 Å². The van der Waals surface area contributed by atoms with Crippen LogP contribution >= 0.6 is 0 Å². The largest absolute Gasteiger partial charge is 0.490 e. The van der Waals surface area contributed by atoms with Crippen molar-refractivity contribution in [1.82, 2.24) is 9.88 Å². The molecule has 1 amide bonds. The fraction of sp³-hybridized carbons (Fsp3) is 0.478. The molecule has 0 radical (unpaired) electrons. The zero-order chi connectivity index (χ0) is 29.4. The number of hydrogen-bond donors (Lipinski definition) is 3. The number of carbonyl (C=O) groups is 3. The molecule has 2 aliphatic heterocycles. The fourth-order valence-corrected chi connectivity index (χ4v) is 3.76. The molecule has 39 heavy (non-hydrogen) atoms. The summed E-state index contributed by atoms with van der Waals surface area (Å²) in [5.74, 6) is -4.15. The molecule has 0 unspecified atom stereocenters. The summed E-state index contributed by atoms with van der Waals surface area (Å²) in [7, 11) is 0. The van der Waals surface area contributed by atoms with Crippen LogP contribution in [0.4, 0.5) is 32.0 Å². The molecule has 3 atom stereocenters. The van der Waals surface area contributed by atoms with E-state index in [0.29, 0.717) is 5.92 Å². The second-order valence-electron chi connectivity index (χ2n) is 8.49. The van der Waals surface area contributed by atoms with Crippen LogP contribution in [0.2, 0.25) is 0 Å². The summed E-state index contributed by atoms with van der Waals surface area (Å²) in [6.45, 7) is 4.55. The van der Waals surface area contributed by atoms with E-state index >= 15 is 0 Å². The van der Waals surface area contributed by atoms with Gasteiger partial charge < -0.3 is 24.7 Å². The number of aryl methyl sites for hydroxylation is 1. The standard InChI is InChI=1S/C19H23N3O3.2C2HF3O2/c1-13-16(5-2-7-20-13)21-19(23)17-10-14-6-8-22(12-18(14)25-17)11-15-4-3-9-24-15;2*3-2(4,5)1(6)7/h2-5,7,9,14,17-18H,6,8,10-12H2,1H3,(H,21,23);2*(H,6,7)/t14-,17-,18-;;/m0../s1. The van der Waals surface area contributed by atoms with E-state index in [1.54, 1.807) is 12.5 Å². The molecule has 2 fully saturated rings. The lowest BCUT2D eigenvalue weighted by Crippen LogP contribution is -2.41. The second kappa shape index (κ2) is 13.4. The van der Waals surface area contributed by atoms with Gasteiger partial charge in [-0.3, -0.25) is 14.7 Å². The van der Waals surface area contributed by atoms with Crippen LogP contribution in [0, 0.1) is 12.8 Å². The maximum absolute atomic E-state index is 12.6. The van der Waals surface area contributed by atoms with Crippen molar-refractivity contribution in [2.45, 2.75) is 50.9 Å². The van der Waals surface area contributed by atoms with Crippen molar-refractivity contribution in [2.24, 2.45) is 5.92 Å². The number of piperidine rings is 1. The van der Waals surface area contributed by atoms with E-state index < -0.39 is 24.3 Å². The van der Waals surface area contributed by atoms with Gasteiger partial charge in [0.05, 0.1) is 30.3 Å². The van der Waals surface area contributed by atoms with E-state index in [-0.39, 0.29) is 18.1 Å². The molecule has 16 heteroatoms. The summed E-state index contributed by atoms with van der Waals surface area (Å²) < 4.78 is 75.0. The number of rotatable bonds is 4. The summed E-state index contributed by atoms with van der Waals surface area (Å²) in [6.07, 6.45) is -5.15.